The van der Waals surface area contributed by atoms with Crippen molar-refractivity contribution >= 4 is 21.7 Å². The SMILES string of the molecule is CCCNc1nc(Cc2ccccn2)nc(C)c1Br. The van der Waals surface area contributed by atoms with Gasteiger partial charge in [-0.1, -0.05) is 13.0 Å². The third-order valence-electron chi connectivity index (χ3n) is 2.67. The van der Waals surface area contributed by atoms with Gasteiger partial charge in [0.1, 0.15) is 11.6 Å². The molecule has 4 nitrogen and oxygen atoms in total. The zero-order valence-electron chi connectivity index (χ0n) is 11.2. The number of nitrogens with one attached hydrogen (secondary N) is 1. The molecule has 2 heterocycles. The van der Waals surface area contributed by atoms with Gasteiger partial charge in [-0.2, -0.15) is 0 Å². The summed E-state index contributed by atoms with van der Waals surface area (Å²) in [5.41, 5.74) is 1.92. The summed E-state index contributed by atoms with van der Waals surface area (Å²) in [6.45, 7) is 5.01. The molecule has 0 saturated heterocycles. The first kappa shape index (κ1) is 13.9. The second kappa shape index (κ2) is 6.61. The minimum Gasteiger partial charge on any atom is -0.369 e. The predicted molar refractivity (Wildman–Crippen MR) is 80.3 cm³/mol. The molecule has 0 radical (unpaired) electrons. The van der Waals surface area contributed by atoms with E-state index in [9.17, 15) is 0 Å². The molecule has 0 spiro atoms. The van der Waals surface area contributed by atoms with Gasteiger partial charge in [-0.25, -0.2) is 9.97 Å². The standard InChI is InChI=1S/C14H17BrN4/c1-3-7-17-14-13(15)10(2)18-12(19-14)9-11-6-4-5-8-16-11/h4-6,8H,3,7,9H2,1-2H3,(H,17,18,19). The summed E-state index contributed by atoms with van der Waals surface area (Å²) in [4.78, 5) is 13.4. The van der Waals surface area contributed by atoms with E-state index in [4.69, 9.17) is 0 Å². The molecule has 0 unspecified atom stereocenters. The second-order valence-corrected chi connectivity index (χ2v) is 5.11. The topological polar surface area (TPSA) is 50.7 Å². The molecule has 2 aromatic rings. The number of aryl methyl sites for hydroxylation is 1. The summed E-state index contributed by atoms with van der Waals surface area (Å²) >= 11 is 3.53. The number of rotatable bonds is 5. The van der Waals surface area contributed by atoms with E-state index in [1.54, 1.807) is 6.20 Å². The fraction of sp³-hybridized carbons (Fsp3) is 0.357. The minimum absolute atomic E-state index is 0.649. The molecule has 5 heteroatoms. The van der Waals surface area contributed by atoms with Crippen molar-refractivity contribution in [3.8, 4) is 0 Å². The van der Waals surface area contributed by atoms with Gasteiger partial charge in [0.15, 0.2) is 0 Å². The van der Waals surface area contributed by atoms with Crippen LogP contribution in [-0.4, -0.2) is 21.5 Å². The first-order chi connectivity index (χ1) is 9.20. The van der Waals surface area contributed by atoms with Crippen LogP contribution in [0, 0.1) is 6.92 Å². The zero-order chi connectivity index (χ0) is 13.7. The summed E-state index contributed by atoms with van der Waals surface area (Å²) in [6, 6.07) is 5.87. The highest BCUT2D eigenvalue weighted by Crippen LogP contribution is 2.23. The highest BCUT2D eigenvalue weighted by molar-refractivity contribution is 9.10. The minimum atomic E-state index is 0.649. The van der Waals surface area contributed by atoms with Crippen LogP contribution in [0.4, 0.5) is 5.82 Å². The van der Waals surface area contributed by atoms with E-state index in [1.807, 2.05) is 25.1 Å². The number of pyridine rings is 1. The molecule has 100 valence electrons. The fourth-order valence-electron chi connectivity index (χ4n) is 1.72. The Morgan fingerprint density at radius 1 is 1.26 bits per heavy atom. The molecular formula is C14H17BrN4. The van der Waals surface area contributed by atoms with E-state index < -0.39 is 0 Å². The van der Waals surface area contributed by atoms with Crippen molar-refractivity contribution in [1.82, 2.24) is 15.0 Å². The van der Waals surface area contributed by atoms with Gasteiger partial charge in [0, 0.05) is 18.4 Å². The number of hydrogen-bond acceptors (Lipinski definition) is 4. The Bertz CT molecular complexity index is 543. The maximum atomic E-state index is 4.56. The van der Waals surface area contributed by atoms with Crippen LogP contribution < -0.4 is 5.32 Å². The van der Waals surface area contributed by atoms with Crippen LogP contribution in [0.25, 0.3) is 0 Å². The molecule has 19 heavy (non-hydrogen) atoms. The maximum Gasteiger partial charge on any atom is 0.144 e. The molecule has 1 N–H and O–H groups in total. The molecule has 0 fully saturated rings. The van der Waals surface area contributed by atoms with Crippen molar-refractivity contribution in [2.45, 2.75) is 26.7 Å². The Morgan fingerprint density at radius 2 is 2.11 bits per heavy atom. The predicted octanol–water partition coefficient (Wildman–Crippen LogP) is 3.36. The average Bonchev–Trinajstić information content (AvgIpc) is 2.42. The third kappa shape index (κ3) is 3.73. The molecule has 0 saturated carbocycles. The zero-order valence-corrected chi connectivity index (χ0v) is 12.7. The van der Waals surface area contributed by atoms with Crippen LogP contribution >= 0.6 is 15.9 Å². The first-order valence-corrected chi connectivity index (χ1v) is 7.16. The van der Waals surface area contributed by atoms with Gasteiger partial charge in [0.2, 0.25) is 0 Å². The van der Waals surface area contributed by atoms with Gasteiger partial charge in [-0.05, 0) is 41.4 Å². The summed E-state index contributed by atoms with van der Waals surface area (Å²) < 4.78 is 0.936. The lowest BCUT2D eigenvalue weighted by molar-refractivity contribution is 0.895. The molecule has 0 aliphatic heterocycles. The number of nitrogens with zero attached hydrogens (tertiary/aromatic N) is 3. The van der Waals surface area contributed by atoms with Gasteiger partial charge in [-0.15, -0.1) is 0 Å². The van der Waals surface area contributed by atoms with Crippen LogP contribution in [-0.2, 0) is 6.42 Å². The Kier molecular flexibility index (Phi) is 4.85. The van der Waals surface area contributed by atoms with Gasteiger partial charge in [0.25, 0.3) is 0 Å². The summed E-state index contributed by atoms with van der Waals surface area (Å²) in [7, 11) is 0. The largest absolute Gasteiger partial charge is 0.369 e. The van der Waals surface area contributed by atoms with Crippen molar-refractivity contribution in [2.75, 3.05) is 11.9 Å². The molecule has 0 bridgehead atoms. The van der Waals surface area contributed by atoms with E-state index in [-0.39, 0.29) is 0 Å². The lowest BCUT2D eigenvalue weighted by Crippen LogP contribution is -2.08. The Morgan fingerprint density at radius 3 is 2.79 bits per heavy atom. The molecule has 0 atom stereocenters. The van der Waals surface area contributed by atoms with Crippen LogP contribution in [0.2, 0.25) is 0 Å². The van der Waals surface area contributed by atoms with Gasteiger partial charge >= 0.3 is 0 Å². The van der Waals surface area contributed by atoms with Gasteiger partial charge < -0.3 is 5.32 Å². The maximum absolute atomic E-state index is 4.56. The number of anilines is 1. The molecule has 0 amide bonds. The van der Waals surface area contributed by atoms with Crippen LogP contribution in [0.1, 0.15) is 30.6 Å². The molecule has 2 rings (SSSR count). The Hall–Kier alpha value is -1.49. The van der Waals surface area contributed by atoms with Gasteiger partial charge in [-0.3, -0.25) is 4.98 Å². The van der Waals surface area contributed by atoms with Crippen molar-refractivity contribution < 1.29 is 0 Å². The van der Waals surface area contributed by atoms with Crippen LogP contribution in [0.3, 0.4) is 0 Å². The van der Waals surface area contributed by atoms with Crippen molar-refractivity contribution in [3.05, 3.63) is 46.1 Å². The Balaban J connectivity index is 2.23. The van der Waals surface area contributed by atoms with Crippen molar-refractivity contribution in [3.63, 3.8) is 0 Å². The van der Waals surface area contributed by atoms with Crippen molar-refractivity contribution in [1.29, 1.82) is 0 Å². The fourth-order valence-corrected chi connectivity index (χ4v) is 2.04. The third-order valence-corrected chi connectivity index (χ3v) is 3.62. The van der Waals surface area contributed by atoms with Gasteiger partial charge in [0.05, 0.1) is 16.6 Å². The van der Waals surface area contributed by atoms with Crippen molar-refractivity contribution in [2.24, 2.45) is 0 Å². The normalized spacial score (nSPS) is 10.5. The Labute approximate surface area is 121 Å². The quantitative estimate of drug-likeness (QED) is 0.917. The molecular weight excluding hydrogens is 304 g/mol. The van der Waals surface area contributed by atoms with E-state index in [0.29, 0.717) is 6.42 Å². The molecule has 0 aliphatic rings. The molecule has 0 aromatic carbocycles. The van der Waals surface area contributed by atoms with E-state index >= 15 is 0 Å². The number of halogens is 1. The monoisotopic (exact) mass is 320 g/mol. The van der Waals surface area contributed by atoms with Crippen LogP contribution in [0.15, 0.2) is 28.9 Å². The second-order valence-electron chi connectivity index (χ2n) is 4.31. The van der Waals surface area contributed by atoms with E-state index in [2.05, 4.69) is 43.1 Å². The van der Waals surface area contributed by atoms with E-state index in [0.717, 1.165) is 40.5 Å². The van der Waals surface area contributed by atoms with Crippen LogP contribution in [0.5, 0.6) is 0 Å². The highest BCUT2D eigenvalue weighted by Gasteiger charge is 2.09. The summed E-state index contributed by atoms with van der Waals surface area (Å²) in [5.74, 6) is 1.65. The average molecular weight is 321 g/mol. The highest BCUT2D eigenvalue weighted by atomic mass is 79.9. The smallest absolute Gasteiger partial charge is 0.144 e. The lowest BCUT2D eigenvalue weighted by Gasteiger charge is -2.10. The summed E-state index contributed by atoms with van der Waals surface area (Å²) in [5, 5.41) is 3.31. The lowest BCUT2D eigenvalue weighted by atomic mass is 10.2. The summed E-state index contributed by atoms with van der Waals surface area (Å²) in [6.07, 6.45) is 3.50. The molecule has 2 aromatic heterocycles. The number of aromatic nitrogens is 3. The molecule has 0 aliphatic carbocycles. The van der Waals surface area contributed by atoms with E-state index in [1.165, 1.54) is 0 Å². The number of hydrogen-bond donors (Lipinski definition) is 1. The first-order valence-electron chi connectivity index (χ1n) is 6.37.